The number of imidazole rings is 1. The number of pyridine rings is 2. The van der Waals surface area contributed by atoms with Crippen LogP contribution in [0.25, 0.3) is 26.8 Å². The first-order valence-electron chi connectivity index (χ1n) is 13.6. The van der Waals surface area contributed by atoms with Crippen LogP contribution in [0.3, 0.4) is 0 Å². The molecule has 0 aliphatic carbocycles. The molecule has 6 rings (SSSR count). The molecule has 0 saturated heterocycles. The zero-order valence-corrected chi connectivity index (χ0v) is 24.2. The Kier molecular flexibility index (Phi) is 7.74. The molecule has 0 spiro atoms. The largest absolute Gasteiger partial charge is 0.417 e. The summed E-state index contributed by atoms with van der Waals surface area (Å²) in [5.41, 5.74) is 2.51. The average Bonchev–Trinajstić information content (AvgIpc) is 3.63. The predicted molar refractivity (Wildman–Crippen MR) is 160 cm³/mol. The Morgan fingerprint density at radius 3 is 2.64 bits per heavy atom. The van der Waals surface area contributed by atoms with Crippen molar-refractivity contribution in [2.45, 2.75) is 30.8 Å². The summed E-state index contributed by atoms with van der Waals surface area (Å²) in [5.74, 6) is -3.00. The van der Waals surface area contributed by atoms with E-state index < -0.39 is 35.3 Å². The monoisotopic (exact) mass is 624 g/mol. The molecule has 1 aliphatic rings. The summed E-state index contributed by atoms with van der Waals surface area (Å²) < 4.78 is 69.6. The Morgan fingerprint density at radius 2 is 1.86 bits per heavy atom. The average molecular weight is 625 g/mol. The van der Waals surface area contributed by atoms with Gasteiger partial charge in [0.15, 0.2) is 11.6 Å². The number of hydrogen-bond donors (Lipinski definition) is 2. The highest BCUT2D eigenvalue weighted by molar-refractivity contribution is 8.09. The number of aryl methyl sites for hydroxylation is 1. The molecule has 0 saturated carbocycles. The summed E-state index contributed by atoms with van der Waals surface area (Å²) in [7, 11) is 1.93. The summed E-state index contributed by atoms with van der Waals surface area (Å²) in [4.78, 5) is 27.0. The maximum atomic E-state index is 13.7. The third kappa shape index (κ3) is 5.83. The highest BCUT2D eigenvalue weighted by atomic mass is 32.2. The zero-order valence-electron chi connectivity index (χ0n) is 23.4. The van der Waals surface area contributed by atoms with E-state index in [-0.39, 0.29) is 22.2 Å². The van der Waals surface area contributed by atoms with Gasteiger partial charge in [0.05, 0.1) is 40.7 Å². The molecule has 1 unspecified atom stereocenters. The summed E-state index contributed by atoms with van der Waals surface area (Å²) in [6, 6.07) is 9.09. The number of allylic oxidation sites excluding steroid dienone is 1. The minimum Gasteiger partial charge on any atom is -0.368 e. The van der Waals surface area contributed by atoms with Crippen LogP contribution >= 0.6 is 11.8 Å². The molecule has 0 fully saturated rings. The number of halogens is 5. The van der Waals surface area contributed by atoms with Crippen LogP contribution in [0.2, 0.25) is 0 Å². The molecule has 4 heterocycles. The van der Waals surface area contributed by atoms with Gasteiger partial charge in [-0.05, 0) is 54.8 Å². The van der Waals surface area contributed by atoms with E-state index in [1.165, 1.54) is 13.0 Å². The first-order chi connectivity index (χ1) is 21.0. The van der Waals surface area contributed by atoms with Gasteiger partial charge in [-0.1, -0.05) is 18.2 Å². The fraction of sp³-hybridized carbons (Fsp3) is 0.226. The van der Waals surface area contributed by atoms with Crippen LogP contribution < -0.4 is 10.6 Å². The minimum atomic E-state index is -4.72. The van der Waals surface area contributed by atoms with E-state index >= 15 is 0 Å². The van der Waals surface area contributed by atoms with Crippen LogP contribution in [0.15, 0.2) is 67.3 Å². The molecular weight excluding hydrogens is 599 g/mol. The fourth-order valence-corrected chi connectivity index (χ4v) is 6.28. The van der Waals surface area contributed by atoms with Crippen molar-refractivity contribution in [2.24, 2.45) is 7.05 Å². The van der Waals surface area contributed by atoms with Crippen LogP contribution in [0.1, 0.15) is 46.4 Å². The van der Waals surface area contributed by atoms with Crippen molar-refractivity contribution in [3.8, 4) is 0 Å². The zero-order chi connectivity index (χ0) is 31.2. The molecule has 0 bridgehead atoms. The number of hydrogen-bond acceptors (Lipinski definition) is 6. The number of benzene rings is 2. The Bertz CT molecular complexity index is 1940. The predicted octanol–water partition coefficient (Wildman–Crippen LogP) is 7.26. The molecule has 5 aromatic rings. The van der Waals surface area contributed by atoms with E-state index in [0.717, 1.165) is 50.6 Å². The molecule has 0 radical (unpaired) electrons. The lowest BCUT2D eigenvalue weighted by Crippen LogP contribution is -2.29. The van der Waals surface area contributed by atoms with Crippen molar-refractivity contribution in [2.75, 3.05) is 11.9 Å². The Morgan fingerprint density at radius 1 is 1.05 bits per heavy atom. The molecule has 13 heteroatoms. The molecule has 2 atom stereocenters. The summed E-state index contributed by atoms with van der Waals surface area (Å²) in [5, 5.41) is 6.61. The molecule has 1 aliphatic heterocycles. The van der Waals surface area contributed by atoms with E-state index in [1.54, 1.807) is 24.3 Å². The number of carbonyl (C=O) groups is 1. The van der Waals surface area contributed by atoms with Gasteiger partial charge in [0.25, 0.3) is 5.91 Å². The first kappa shape index (κ1) is 29.5. The van der Waals surface area contributed by atoms with Crippen molar-refractivity contribution in [3.05, 3.63) is 101 Å². The van der Waals surface area contributed by atoms with Gasteiger partial charge < -0.3 is 15.2 Å². The van der Waals surface area contributed by atoms with Crippen molar-refractivity contribution < 1.29 is 26.7 Å². The summed E-state index contributed by atoms with van der Waals surface area (Å²) >= 11 is 1.62. The van der Waals surface area contributed by atoms with E-state index in [0.29, 0.717) is 19.2 Å². The number of thioether (sulfide) groups is 1. The van der Waals surface area contributed by atoms with Crippen molar-refractivity contribution in [1.82, 2.24) is 24.8 Å². The van der Waals surface area contributed by atoms with Crippen LogP contribution in [-0.4, -0.2) is 37.2 Å². The Labute approximate surface area is 252 Å². The van der Waals surface area contributed by atoms with Gasteiger partial charge in [-0.15, -0.1) is 11.8 Å². The first-order valence-corrected chi connectivity index (χ1v) is 14.5. The molecule has 7 nitrogen and oxygen atoms in total. The van der Waals surface area contributed by atoms with Crippen LogP contribution in [0.5, 0.6) is 0 Å². The highest BCUT2D eigenvalue weighted by Crippen LogP contribution is 2.41. The van der Waals surface area contributed by atoms with E-state index in [4.69, 9.17) is 0 Å². The lowest BCUT2D eigenvalue weighted by Gasteiger charge is -2.19. The number of rotatable bonds is 7. The van der Waals surface area contributed by atoms with Crippen molar-refractivity contribution in [1.29, 1.82) is 0 Å². The number of amides is 1. The normalized spacial score (nSPS) is 15.9. The van der Waals surface area contributed by atoms with Crippen LogP contribution in [0, 0.1) is 11.6 Å². The summed E-state index contributed by atoms with van der Waals surface area (Å²) in [6.07, 6.45) is 2.24. The molecule has 2 N–H and O–H groups in total. The van der Waals surface area contributed by atoms with Gasteiger partial charge in [0.1, 0.15) is 11.3 Å². The number of carbonyl (C=O) groups excluding carboxylic acids is 1. The number of aromatic nitrogens is 4. The third-order valence-electron chi connectivity index (χ3n) is 7.44. The van der Waals surface area contributed by atoms with Gasteiger partial charge in [0.2, 0.25) is 0 Å². The van der Waals surface area contributed by atoms with Gasteiger partial charge in [-0.3, -0.25) is 9.78 Å². The third-order valence-corrected chi connectivity index (χ3v) is 8.78. The van der Waals surface area contributed by atoms with Gasteiger partial charge in [-0.2, -0.15) is 13.2 Å². The number of nitrogens with one attached hydrogen (secondary N) is 2. The SMILES string of the molecule is C[C@H](NC(=O)c1cc(C(F)(F)F)cnc1NCC1CC=C(c2ccc3ncc4ncn(C)c4c3c2)S1)c1ccc(F)c(F)c1. The molecule has 2 aromatic carbocycles. The lowest BCUT2D eigenvalue weighted by atomic mass is 10.1. The second-order valence-corrected chi connectivity index (χ2v) is 11.8. The van der Waals surface area contributed by atoms with Crippen molar-refractivity contribution >= 4 is 50.3 Å². The second-order valence-electron chi connectivity index (χ2n) is 10.5. The van der Waals surface area contributed by atoms with E-state index in [2.05, 4.69) is 37.7 Å². The molecule has 44 heavy (non-hydrogen) atoms. The summed E-state index contributed by atoms with van der Waals surface area (Å²) in [6.45, 7) is 1.84. The molecular formula is C31H25F5N6OS. The topological polar surface area (TPSA) is 84.7 Å². The maximum absolute atomic E-state index is 13.7. The van der Waals surface area contributed by atoms with E-state index in [1.807, 2.05) is 23.7 Å². The molecule has 1 amide bonds. The Hall–Kier alpha value is -4.52. The molecule has 3 aromatic heterocycles. The number of anilines is 1. The molecule has 226 valence electrons. The highest BCUT2D eigenvalue weighted by Gasteiger charge is 2.33. The second kappa shape index (κ2) is 11.5. The van der Waals surface area contributed by atoms with Gasteiger partial charge in [-0.25, -0.2) is 18.7 Å². The van der Waals surface area contributed by atoms with Gasteiger partial charge >= 0.3 is 6.18 Å². The maximum Gasteiger partial charge on any atom is 0.417 e. The number of fused-ring (bicyclic) bond motifs is 3. The van der Waals surface area contributed by atoms with E-state index in [9.17, 15) is 26.7 Å². The van der Waals surface area contributed by atoms with Crippen LogP contribution in [-0.2, 0) is 13.2 Å². The van der Waals surface area contributed by atoms with Crippen LogP contribution in [0.4, 0.5) is 27.8 Å². The fourth-order valence-electron chi connectivity index (χ4n) is 5.10. The number of alkyl halides is 3. The Balaban J connectivity index is 1.18. The number of nitrogens with zero attached hydrogens (tertiary/aromatic N) is 4. The standard InChI is InChI=1S/C31H25F5N6OS/c1-16(17-3-6-23(32)24(33)10-17)41-30(43)22-11-19(31(34,35)36)12-38-29(22)39-13-20-5-8-27(44-20)18-4-7-25-21(9-18)28-26(14-37-25)40-15-42(28)2/h3-4,6-12,14-16,20H,5,13H2,1-2H3,(H,38,39)(H,41,43)/t16-,20?/m0/s1. The quantitative estimate of drug-likeness (QED) is 0.186. The lowest BCUT2D eigenvalue weighted by molar-refractivity contribution is -0.137. The van der Waals surface area contributed by atoms with Crippen molar-refractivity contribution in [3.63, 3.8) is 0 Å². The van der Waals surface area contributed by atoms with Gasteiger partial charge in [0, 0.05) is 35.3 Å². The smallest absolute Gasteiger partial charge is 0.368 e. The minimum absolute atomic E-state index is 0.0163.